The van der Waals surface area contributed by atoms with Gasteiger partial charge in [0.25, 0.3) is 0 Å². The number of rotatable bonds is 9. The molecular weight excluding hydrogens is 511 g/mol. The van der Waals surface area contributed by atoms with E-state index in [1.165, 1.54) is 36.0 Å². The van der Waals surface area contributed by atoms with Crippen molar-refractivity contribution in [1.82, 2.24) is 4.72 Å². The van der Waals surface area contributed by atoms with E-state index in [2.05, 4.69) is 4.72 Å². The second-order valence-corrected chi connectivity index (χ2v) is 10.5. The van der Waals surface area contributed by atoms with Crippen LogP contribution in [0.3, 0.4) is 0 Å². The molecule has 0 fully saturated rings. The van der Waals surface area contributed by atoms with Gasteiger partial charge in [0.05, 0.1) is 9.92 Å². The summed E-state index contributed by atoms with van der Waals surface area (Å²) in [6, 6.07) is 18.1. The van der Waals surface area contributed by atoms with Crippen LogP contribution in [-0.2, 0) is 15.8 Å². The first-order valence-electron chi connectivity index (χ1n) is 9.28. The molecule has 5 nitrogen and oxygen atoms in total. The minimum absolute atomic E-state index is 0.107. The average molecular weight is 528 g/mol. The normalized spacial score (nSPS) is 11.2. The summed E-state index contributed by atoms with van der Waals surface area (Å²) in [6.07, 6.45) is 0. The van der Waals surface area contributed by atoms with Crippen LogP contribution in [0.15, 0.2) is 65.6 Å². The van der Waals surface area contributed by atoms with Gasteiger partial charge in [0.2, 0.25) is 10.0 Å². The Morgan fingerprint density at radius 1 is 0.938 bits per heavy atom. The largest absolute Gasteiger partial charge is 0.456 e. The highest BCUT2D eigenvalue weighted by Gasteiger charge is 2.14. The van der Waals surface area contributed by atoms with Crippen molar-refractivity contribution in [2.45, 2.75) is 10.6 Å². The second-order valence-electron chi connectivity index (χ2n) is 6.45. The predicted octanol–water partition coefficient (Wildman–Crippen LogP) is 6.52. The summed E-state index contributed by atoms with van der Waals surface area (Å²) in [5.74, 6) is 1.81. The van der Waals surface area contributed by atoms with Crippen LogP contribution in [0.1, 0.15) is 11.1 Å². The van der Waals surface area contributed by atoms with Gasteiger partial charge in [-0.3, -0.25) is 0 Å². The fourth-order valence-electron chi connectivity index (χ4n) is 2.69. The van der Waals surface area contributed by atoms with Crippen LogP contribution in [0.25, 0.3) is 0 Å². The maximum absolute atomic E-state index is 12.5. The number of thioether (sulfide) groups is 1. The Morgan fingerprint density at radius 3 is 2.22 bits per heavy atom. The van der Waals surface area contributed by atoms with Crippen LogP contribution in [0.2, 0.25) is 15.1 Å². The number of sulfonamides is 1. The van der Waals surface area contributed by atoms with Crippen LogP contribution >= 0.6 is 46.6 Å². The molecule has 0 unspecified atom stereocenters. The summed E-state index contributed by atoms with van der Waals surface area (Å²) in [4.78, 5) is 0.107. The number of hydrogen-bond acceptors (Lipinski definition) is 5. The Labute approximate surface area is 206 Å². The van der Waals surface area contributed by atoms with Gasteiger partial charge < -0.3 is 4.74 Å². The summed E-state index contributed by atoms with van der Waals surface area (Å²) in [5.41, 5.74) is 1.04. The van der Waals surface area contributed by atoms with Crippen LogP contribution in [-0.4, -0.2) is 20.7 Å². The molecule has 3 rings (SSSR count). The average Bonchev–Trinajstić information content (AvgIpc) is 2.76. The molecule has 0 aliphatic heterocycles. The van der Waals surface area contributed by atoms with Crippen molar-refractivity contribution in [2.75, 3.05) is 12.3 Å². The number of halogens is 3. The molecule has 3 aromatic carbocycles. The third-order valence-corrected chi connectivity index (χ3v) is 7.78. The van der Waals surface area contributed by atoms with E-state index in [1.807, 2.05) is 6.07 Å². The minimum atomic E-state index is -3.68. The molecule has 0 saturated heterocycles. The van der Waals surface area contributed by atoms with E-state index < -0.39 is 10.0 Å². The highest BCUT2D eigenvalue weighted by Crippen LogP contribution is 2.30. The van der Waals surface area contributed by atoms with Crippen molar-refractivity contribution in [1.29, 1.82) is 5.26 Å². The number of nitrogens with one attached hydrogen (secondary N) is 1. The van der Waals surface area contributed by atoms with Crippen LogP contribution < -0.4 is 9.46 Å². The molecule has 1 N–H and O–H groups in total. The van der Waals surface area contributed by atoms with Gasteiger partial charge in [0, 0.05) is 28.1 Å². The number of benzene rings is 3. The van der Waals surface area contributed by atoms with Crippen molar-refractivity contribution < 1.29 is 13.2 Å². The molecule has 0 atom stereocenters. The third-order valence-electron chi connectivity index (χ3n) is 4.30. The molecule has 0 bridgehead atoms. The zero-order valence-corrected chi connectivity index (χ0v) is 20.4. The molecule has 0 amide bonds. The Bertz CT molecular complexity index is 1220. The van der Waals surface area contributed by atoms with Crippen LogP contribution in [0.4, 0.5) is 0 Å². The maximum Gasteiger partial charge on any atom is 0.240 e. The van der Waals surface area contributed by atoms with Crippen molar-refractivity contribution in [3.8, 4) is 17.6 Å². The van der Waals surface area contributed by atoms with E-state index in [-0.39, 0.29) is 22.0 Å². The van der Waals surface area contributed by atoms with Gasteiger partial charge in [-0.15, -0.1) is 0 Å². The first kappa shape index (κ1) is 24.7. The van der Waals surface area contributed by atoms with Crippen LogP contribution in [0, 0.1) is 11.3 Å². The monoisotopic (exact) mass is 526 g/mol. The third kappa shape index (κ3) is 6.32. The van der Waals surface area contributed by atoms with E-state index in [0.29, 0.717) is 33.0 Å². The summed E-state index contributed by atoms with van der Waals surface area (Å²) in [5, 5.41) is 10.7. The first-order valence-corrected chi connectivity index (χ1v) is 13.1. The van der Waals surface area contributed by atoms with Crippen LogP contribution in [0.5, 0.6) is 11.5 Å². The Balaban J connectivity index is 1.55. The lowest BCUT2D eigenvalue weighted by Gasteiger charge is -2.10. The Morgan fingerprint density at radius 2 is 1.56 bits per heavy atom. The fraction of sp³-hybridized carbons (Fsp3) is 0.136. The standard InChI is InChI=1S/C22H17Cl3N2O3S2/c23-19-5-2-6-22(17(19)13-26)30-15-7-9-16(10-8-15)32(28,29)27-11-12-31-14-18-20(24)3-1-4-21(18)25/h1-10,27H,11-12,14H2. The number of ether oxygens (including phenoxy) is 1. The Kier molecular flexibility index (Phi) is 8.72. The molecule has 0 heterocycles. The minimum Gasteiger partial charge on any atom is -0.456 e. The lowest BCUT2D eigenvalue weighted by atomic mass is 10.2. The van der Waals surface area contributed by atoms with E-state index >= 15 is 0 Å². The molecule has 32 heavy (non-hydrogen) atoms. The second kappa shape index (κ2) is 11.3. The highest BCUT2D eigenvalue weighted by atomic mass is 35.5. The molecule has 3 aromatic rings. The van der Waals surface area contributed by atoms with E-state index in [4.69, 9.17) is 39.5 Å². The lowest BCUT2D eigenvalue weighted by molar-refractivity contribution is 0.480. The zero-order valence-electron chi connectivity index (χ0n) is 16.5. The molecule has 0 aliphatic rings. The molecule has 0 radical (unpaired) electrons. The van der Waals surface area contributed by atoms with Gasteiger partial charge in [0.15, 0.2) is 0 Å². The summed E-state index contributed by atoms with van der Waals surface area (Å²) in [6.45, 7) is 0.251. The van der Waals surface area contributed by atoms with Gasteiger partial charge in [0.1, 0.15) is 23.1 Å². The quantitative estimate of drug-likeness (QED) is 0.320. The van der Waals surface area contributed by atoms with E-state index in [1.54, 1.807) is 36.4 Å². The van der Waals surface area contributed by atoms with E-state index in [9.17, 15) is 13.7 Å². The topological polar surface area (TPSA) is 79.2 Å². The number of nitrogens with zero attached hydrogens (tertiary/aromatic N) is 1. The van der Waals surface area contributed by atoms with Gasteiger partial charge >= 0.3 is 0 Å². The Hall–Kier alpha value is -1.92. The smallest absolute Gasteiger partial charge is 0.240 e. The molecule has 166 valence electrons. The molecule has 0 saturated carbocycles. The zero-order chi connectivity index (χ0) is 23.1. The number of hydrogen-bond donors (Lipinski definition) is 1. The van der Waals surface area contributed by atoms with E-state index in [0.717, 1.165) is 5.56 Å². The molecule has 10 heteroatoms. The fourth-order valence-corrected chi connectivity index (χ4v) is 5.65. The van der Waals surface area contributed by atoms with Crippen molar-refractivity contribution in [3.05, 3.63) is 86.9 Å². The lowest BCUT2D eigenvalue weighted by Crippen LogP contribution is -2.26. The van der Waals surface area contributed by atoms with Crippen molar-refractivity contribution >= 4 is 56.6 Å². The first-order chi connectivity index (χ1) is 15.3. The van der Waals surface area contributed by atoms with Gasteiger partial charge in [-0.25, -0.2) is 13.1 Å². The molecule has 0 spiro atoms. The van der Waals surface area contributed by atoms with Gasteiger partial charge in [-0.1, -0.05) is 46.9 Å². The summed E-state index contributed by atoms with van der Waals surface area (Å²) < 4.78 is 33.3. The van der Waals surface area contributed by atoms with Gasteiger partial charge in [-0.2, -0.15) is 17.0 Å². The maximum atomic E-state index is 12.5. The summed E-state index contributed by atoms with van der Waals surface area (Å²) >= 11 is 19.8. The van der Waals surface area contributed by atoms with Crippen molar-refractivity contribution in [3.63, 3.8) is 0 Å². The summed E-state index contributed by atoms with van der Waals surface area (Å²) in [7, 11) is -3.68. The van der Waals surface area contributed by atoms with Crippen molar-refractivity contribution in [2.24, 2.45) is 0 Å². The molecule has 0 aromatic heterocycles. The number of nitriles is 1. The molecular formula is C22H17Cl3N2O3S2. The SMILES string of the molecule is N#Cc1c(Cl)cccc1Oc1ccc(S(=O)(=O)NCCSCc2c(Cl)cccc2Cl)cc1. The highest BCUT2D eigenvalue weighted by molar-refractivity contribution is 7.98. The van der Waals surface area contributed by atoms with Gasteiger partial charge in [-0.05, 0) is 54.1 Å². The predicted molar refractivity (Wildman–Crippen MR) is 130 cm³/mol. The molecule has 0 aliphatic carbocycles.